The number of benzene rings is 1. The Kier molecular flexibility index (Phi) is 6.26. The van der Waals surface area contributed by atoms with E-state index in [1.54, 1.807) is 19.1 Å². The molecule has 0 unspecified atom stereocenters. The maximum absolute atomic E-state index is 11.0. The number of carboxylic acids is 2. The molecule has 19 heavy (non-hydrogen) atoms. The summed E-state index contributed by atoms with van der Waals surface area (Å²) in [7, 11) is 0. The Morgan fingerprint density at radius 2 is 1.58 bits per heavy atom. The van der Waals surface area contributed by atoms with E-state index in [2.05, 4.69) is 0 Å². The number of rotatable bonds is 3. The van der Waals surface area contributed by atoms with Crippen molar-refractivity contribution in [2.24, 2.45) is 0 Å². The summed E-state index contributed by atoms with van der Waals surface area (Å²) in [5.41, 5.74) is 2.03. The zero-order valence-corrected chi connectivity index (χ0v) is 11.0. The van der Waals surface area contributed by atoms with Crippen LogP contribution in [0.4, 0.5) is 0 Å². The average molecular weight is 274 g/mol. The fraction of sp³-hybridized carbons (Fsp3) is 0.429. The van der Waals surface area contributed by atoms with Gasteiger partial charge in [0, 0.05) is 0 Å². The van der Waals surface area contributed by atoms with Crippen molar-refractivity contribution in [3.05, 3.63) is 34.9 Å². The first kappa shape index (κ1) is 18.2. The van der Waals surface area contributed by atoms with E-state index in [4.69, 9.17) is 10.2 Å². The summed E-state index contributed by atoms with van der Waals surface area (Å²) < 4.78 is 0. The number of carbonyl (C=O) groups is 2. The molecule has 0 aliphatic carbocycles. The molecule has 0 saturated heterocycles. The number of hydrogen-bond donors (Lipinski definition) is 2. The molecule has 2 N–H and O–H groups in total. The van der Waals surface area contributed by atoms with Crippen molar-refractivity contribution in [1.29, 1.82) is 0 Å². The van der Waals surface area contributed by atoms with Crippen molar-refractivity contribution in [2.75, 3.05) is 0 Å². The summed E-state index contributed by atoms with van der Waals surface area (Å²) in [5.74, 6) is -4.18. The molecule has 1 aromatic rings. The molecule has 5 heteroatoms. The van der Waals surface area contributed by atoms with Crippen LogP contribution >= 0.6 is 0 Å². The topological polar surface area (TPSA) is 74.6 Å². The molecule has 0 aliphatic rings. The van der Waals surface area contributed by atoms with Crippen LogP contribution in [-0.4, -0.2) is 51.7 Å². The van der Waals surface area contributed by atoms with Gasteiger partial charge in [-0.1, -0.05) is 39.0 Å². The van der Waals surface area contributed by atoms with Crippen LogP contribution in [0.2, 0.25) is 0 Å². The summed E-state index contributed by atoms with van der Waals surface area (Å²) in [4.78, 5) is 22.0. The molecule has 0 heterocycles. The van der Waals surface area contributed by atoms with Crippen LogP contribution in [0.5, 0.6) is 0 Å². The van der Waals surface area contributed by atoms with Gasteiger partial charge in [-0.2, -0.15) is 0 Å². The van der Waals surface area contributed by atoms with E-state index >= 15 is 0 Å². The third-order valence-corrected chi connectivity index (χ3v) is 2.94. The average Bonchev–Trinajstić information content (AvgIpc) is 2.18. The van der Waals surface area contributed by atoms with E-state index in [0.717, 1.165) is 5.56 Å². The minimum absolute atomic E-state index is 0. The quantitative estimate of drug-likeness (QED) is 0.652. The van der Waals surface area contributed by atoms with Gasteiger partial charge in [0.05, 0.1) is 0 Å². The second-order valence-corrected chi connectivity index (χ2v) is 5.43. The number of aliphatic carboxylic acids is 2. The van der Waals surface area contributed by atoms with Gasteiger partial charge in [-0.25, -0.2) is 0 Å². The normalized spacial score (nSPS) is 11.0. The first-order valence-electron chi connectivity index (χ1n) is 5.71. The van der Waals surface area contributed by atoms with Crippen LogP contribution in [0.15, 0.2) is 18.2 Å². The zero-order valence-electron chi connectivity index (χ0n) is 11.0. The molecule has 0 saturated carbocycles. The van der Waals surface area contributed by atoms with Crippen molar-refractivity contribution >= 4 is 41.5 Å². The van der Waals surface area contributed by atoms with Crippen molar-refractivity contribution in [3.63, 3.8) is 0 Å². The molecule has 0 aliphatic heterocycles. The predicted molar refractivity (Wildman–Crippen MR) is 75.0 cm³/mol. The van der Waals surface area contributed by atoms with E-state index in [1.807, 2.05) is 26.8 Å². The summed E-state index contributed by atoms with van der Waals surface area (Å²) >= 11 is 0. The first-order chi connectivity index (χ1) is 8.14. The molecule has 4 nitrogen and oxygen atoms in total. The van der Waals surface area contributed by atoms with Crippen LogP contribution in [-0.2, 0) is 15.0 Å². The van der Waals surface area contributed by atoms with E-state index < -0.39 is 17.9 Å². The van der Waals surface area contributed by atoms with Gasteiger partial charge in [0.1, 0.15) is 0 Å². The molecule has 1 rings (SSSR count). The SMILES string of the molecule is Cc1cc(C(C)(C)C)ccc1C(C(=O)O)C(=O)O.[NaH]. The van der Waals surface area contributed by atoms with Crippen LogP contribution < -0.4 is 0 Å². The number of aryl methyl sites for hydroxylation is 1. The Balaban J connectivity index is 0.00000324. The molecule has 0 aromatic heterocycles. The summed E-state index contributed by atoms with van der Waals surface area (Å²) in [6.45, 7) is 7.89. The van der Waals surface area contributed by atoms with Crippen molar-refractivity contribution in [3.8, 4) is 0 Å². The van der Waals surface area contributed by atoms with E-state index in [0.29, 0.717) is 11.1 Å². The van der Waals surface area contributed by atoms with Crippen molar-refractivity contribution in [2.45, 2.75) is 39.0 Å². The molecule has 0 atom stereocenters. The molecule has 1 aromatic carbocycles. The molecule has 0 radical (unpaired) electrons. The Morgan fingerprint density at radius 3 is 1.89 bits per heavy atom. The molecule has 0 amide bonds. The maximum atomic E-state index is 11.0. The first-order valence-corrected chi connectivity index (χ1v) is 5.71. The molecule has 0 spiro atoms. The van der Waals surface area contributed by atoms with Gasteiger partial charge in [0.2, 0.25) is 0 Å². The van der Waals surface area contributed by atoms with Gasteiger partial charge in [-0.3, -0.25) is 9.59 Å². The molecule has 100 valence electrons. The predicted octanol–water partition coefficient (Wildman–Crippen LogP) is 1.90. The summed E-state index contributed by atoms with van der Waals surface area (Å²) in [6.07, 6.45) is 0. The Bertz CT molecular complexity index is 475. The van der Waals surface area contributed by atoms with Gasteiger partial charge >= 0.3 is 41.5 Å². The van der Waals surface area contributed by atoms with Crippen LogP contribution in [0, 0.1) is 6.92 Å². The van der Waals surface area contributed by atoms with Gasteiger partial charge in [-0.05, 0) is 29.0 Å². The van der Waals surface area contributed by atoms with Crippen LogP contribution in [0.1, 0.15) is 43.4 Å². The number of hydrogen-bond acceptors (Lipinski definition) is 2. The summed E-state index contributed by atoms with van der Waals surface area (Å²) in [6, 6.07) is 5.25. The van der Waals surface area contributed by atoms with Gasteiger partial charge in [-0.15, -0.1) is 0 Å². The van der Waals surface area contributed by atoms with Crippen LogP contribution in [0.3, 0.4) is 0 Å². The second kappa shape index (κ2) is 6.55. The van der Waals surface area contributed by atoms with Crippen molar-refractivity contribution in [1.82, 2.24) is 0 Å². The minimum atomic E-state index is -1.50. The van der Waals surface area contributed by atoms with E-state index in [1.165, 1.54) is 0 Å². The fourth-order valence-corrected chi connectivity index (χ4v) is 1.84. The third kappa shape index (κ3) is 4.34. The van der Waals surface area contributed by atoms with Gasteiger partial charge < -0.3 is 10.2 Å². The summed E-state index contributed by atoms with van der Waals surface area (Å²) in [5, 5.41) is 17.9. The van der Waals surface area contributed by atoms with Gasteiger partial charge in [0.15, 0.2) is 5.92 Å². The Labute approximate surface area is 135 Å². The van der Waals surface area contributed by atoms with E-state index in [9.17, 15) is 9.59 Å². The molecular weight excluding hydrogens is 255 g/mol. The molecular formula is C14H19NaO4. The number of carboxylic acid groups (broad SMARTS) is 2. The molecule has 0 bridgehead atoms. The standard InChI is InChI=1S/C14H18O4.Na.H/c1-8-7-9(14(2,3)4)5-6-10(8)11(12(15)16)13(17)18;;/h5-7,11H,1-4H3,(H,15,16)(H,17,18);;. The van der Waals surface area contributed by atoms with E-state index in [-0.39, 0.29) is 35.0 Å². The third-order valence-electron chi connectivity index (χ3n) is 2.94. The zero-order chi connectivity index (χ0) is 14.1. The Morgan fingerprint density at radius 1 is 1.11 bits per heavy atom. The van der Waals surface area contributed by atoms with Gasteiger partial charge in [0.25, 0.3) is 0 Å². The Hall–Kier alpha value is -0.840. The van der Waals surface area contributed by atoms with Crippen molar-refractivity contribution < 1.29 is 19.8 Å². The fourth-order valence-electron chi connectivity index (χ4n) is 1.84. The molecule has 0 fully saturated rings. The monoisotopic (exact) mass is 274 g/mol. The second-order valence-electron chi connectivity index (χ2n) is 5.43. The van der Waals surface area contributed by atoms with Crippen LogP contribution in [0.25, 0.3) is 0 Å².